The lowest BCUT2D eigenvalue weighted by Crippen LogP contribution is -2.47. The van der Waals surface area contributed by atoms with Gasteiger partial charge in [-0.15, -0.1) is 0 Å². The van der Waals surface area contributed by atoms with E-state index in [1.165, 1.54) is 0 Å². The van der Waals surface area contributed by atoms with Gasteiger partial charge in [-0.1, -0.05) is 13.8 Å². The Labute approximate surface area is 117 Å². The van der Waals surface area contributed by atoms with Crippen LogP contribution in [0, 0.1) is 23.4 Å². The lowest BCUT2D eigenvalue weighted by Gasteiger charge is -2.41. The Balaban J connectivity index is 2.37. The number of nitrogens with two attached hydrogens (primary N) is 1. The molecule has 112 valence electrons. The fraction of sp³-hybridized carbons (Fsp3) is 0.600. The van der Waals surface area contributed by atoms with Gasteiger partial charge in [0, 0.05) is 24.2 Å². The maximum Gasteiger partial charge on any atom is 0.161 e. The van der Waals surface area contributed by atoms with Crippen molar-refractivity contribution in [3.8, 4) is 0 Å². The molecule has 1 fully saturated rings. The molecule has 0 aromatic heterocycles. The van der Waals surface area contributed by atoms with Crippen molar-refractivity contribution in [2.75, 3.05) is 13.1 Å². The summed E-state index contributed by atoms with van der Waals surface area (Å²) in [4.78, 5) is 2.08. The average molecular weight is 286 g/mol. The summed E-state index contributed by atoms with van der Waals surface area (Å²) in [6, 6.07) is 0.913. The number of piperidine rings is 1. The molecule has 1 aromatic rings. The Bertz CT molecular complexity index is 476. The van der Waals surface area contributed by atoms with Crippen molar-refractivity contribution < 1.29 is 13.2 Å². The van der Waals surface area contributed by atoms with E-state index in [-0.39, 0.29) is 17.6 Å². The van der Waals surface area contributed by atoms with E-state index < -0.39 is 17.5 Å². The molecule has 0 saturated carbocycles. The van der Waals surface area contributed by atoms with E-state index in [1.54, 1.807) is 0 Å². The zero-order chi connectivity index (χ0) is 14.9. The van der Waals surface area contributed by atoms with Gasteiger partial charge in [-0.2, -0.15) is 0 Å². The van der Waals surface area contributed by atoms with E-state index >= 15 is 0 Å². The molecule has 0 bridgehead atoms. The summed E-state index contributed by atoms with van der Waals surface area (Å²) in [6.07, 6.45) is 1.70. The zero-order valence-corrected chi connectivity index (χ0v) is 11.9. The molecule has 1 saturated heterocycles. The number of halogens is 3. The van der Waals surface area contributed by atoms with E-state index in [0.717, 1.165) is 32.0 Å². The van der Waals surface area contributed by atoms with Crippen LogP contribution < -0.4 is 5.73 Å². The van der Waals surface area contributed by atoms with Crippen molar-refractivity contribution in [3.05, 3.63) is 35.1 Å². The Hall–Kier alpha value is -1.07. The highest BCUT2D eigenvalue weighted by Gasteiger charge is 2.33. The topological polar surface area (TPSA) is 29.3 Å². The second kappa shape index (κ2) is 6.14. The van der Waals surface area contributed by atoms with Crippen molar-refractivity contribution in [3.63, 3.8) is 0 Å². The predicted octanol–water partition coefficient (Wildman–Crippen LogP) is 3.22. The van der Waals surface area contributed by atoms with Gasteiger partial charge in [0.15, 0.2) is 11.6 Å². The highest BCUT2D eigenvalue weighted by atomic mass is 19.2. The smallest absolute Gasteiger partial charge is 0.161 e. The summed E-state index contributed by atoms with van der Waals surface area (Å²) in [5.41, 5.74) is 6.27. The first-order chi connectivity index (χ1) is 9.40. The normalized spacial score (nSPS) is 24.4. The van der Waals surface area contributed by atoms with Crippen LogP contribution in [-0.4, -0.2) is 24.0 Å². The second-order valence-corrected chi connectivity index (χ2v) is 5.93. The van der Waals surface area contributed by atoms with E-state index in [1.807, 2.05) is 0 Å². The van der Waals surface area contributed by atoms with Crippen LogP contribution in [0.3, 0.4) is 0 Å². The minimum absolute atomic E-state index is 0.164. The van der Waals surface area contributed by atoms with Gasteiger partial charge >= 0.3 is 0 Å². The number of likely N-dealkylation sites (tertiary alicyclic amines) is 1. The van der Waals surface area contributed by atoms with E-state index in [4.69, 9.17) is 5.73 Å². The molecular formula is C15H21F3N2. The number of rotatable bonds is 3. The van der Waals surface area contributed by atoms with E-state index in [2.05, 4.69) is 18.7 Å². The summed E-state index contributed by atoms with van der Waals surface area (Å²) in [5.74, 6) is -2.51. The highest BCUT2D eigenvalue weighted by Crippen LogP contribution is 2.33. The van der Waals surface area contributed by atoms with Crippen molar-refractivity contribution >= 4 is 0 Å². The molecule has 2 unspecified atom stereocenters. The Morgan fingerprint density at radius 2 is 1.85 bits per heavy atom. The third-order valence-electron chi connectivity index (χ3n) is 3.74. The van der Waals surface area contributed by atoms with Gasteiger partial charge in [0.05, 0.1) is 6.04 Å². The molecule has 1 aromatic carbocycles. The van der Waals surface area contributed by atoms with Gasteiger partial charge in [0.2, 0.25) is 0 Å². The summed E-state index contributed by atoms with van der Waals surface area (Å²) >= 11 is 0. The van der Waals surface area contributed by atoms with E-state index in [9.17, 15) is 13.2 Å². The lowest BCUT2D eigenvalue weighted by atomic mass is 9.89. The van der Waals surface area contributed by atoms with Gasteiger partial charge in [-0.05, 0) is 31.4 Å². The first kappa shape index (κ1) is 15.3. The van der Waals surface area contributed by atoms with Crippen molar-refractivity contribution in [2.24, 2.45) is 11.7 Å². The van der Waals surface area contributed by atoms with Gasteiger partial charge < -0.3 is 5.73 Å². The summed E-state index contributed by atoms with van der Waals surface area (Å²) in [6.45, 7) is 5.70. The molecule has 1 heterocycles. The molecule has 5 heteroatoms. The number of nitrogens with zero attached hydrogens (tertiary/aromatic N) is 1. The molecule has 0 aliphatic carbocycles. The Morgan fingerprint density at radius 1 is 1.20 bits per heavy atom. The maximum atomic E-state index is 14.0. The average Bonchev–Trinajstić information content (AvgIpc) is 2.34. The third kappa shape index (κ3) is 3.15. The molecule has 1 aliphatic heterocycles. The predicted molar refractivity (Wildman–Crippen MR) is 72.7 cm³/mol. The molecule has 2 atom stereocenters. The minimum atomic E-state index is -1.16. The summed E-state index contributed by atoms with van der Waals surface area (Å²) in [7, 11) is 0. The molecule has 20 heavy (non-hydrogen) atoms. The highest BCUT2D eigenvalue weighted by molar-refractivity contribution is 5.25. The van der Waals surface area contributed by atoms with Crippen LogP contribution in [0.5, 0.6) is 0 Å². The number of hydrogen-bond donors (Lipinski definition) is 1. The van der Waals surface area contributed by atoms with Crippen LogP contribution in [0.4, 0.5) is 13.2 Å². The molecule has 0 amide bonds. The molecular weight excluding hydrogens is 265 g/mol. The van der Waals surface area contributed by atoms with Crippen LogP contribution >= 0.6 is 0 Å². The fourth-order valence-corrected chi connectivity index (χ4v) is 2.96. The van der Waals surface area contributed by atoms with E-state index in [0.29, 0.717) is 12.0 Å². The summed E-state index contributed by atoms with van der Waals surface area (Å²) in [5, 5.41) is 0. The molecule has 2 rings (SSSR count). The van der Waals surface area contributed by atoms with Crippen LogP contribution in [0.1, 0.15) is 38.3 Å². The summed E-state index contributed by atoms with van der Waals surface area (Å²) < 4.78 is 40.5. The zero-order valence-electron chi connectivity index (χ0n) is 11.9. The molecule has 1 aliphatic rings. The van der Waals surface area contributed by atoms with Crippen LogP contribution in [0.15, 0.2) is 12.1 Å². The minimum Gasteiger partial charge on any atom is -0.326 e. The second-order valence-electron chi connectivity index (χ2n) is 5.93. The van der Waals surface area contributed by atoms with Crippen LogP contribution in [0.25, 0.3) is 0 Å². The first-order valence-electron chi connectivity index (χ1n) is 7.04. The van der Waals surface area contributed by atoms with Crippen molar-refractivity contribution in [1.82, 2.24) is 4.90 Å². The first-order valence-corrected chi connectivity index (χ1v) is 7.04. The maximum absolute atomic E-state index is 14.0. The Morgan fingerprint density at radius 3 is 2.50 bits per heavy atom. The SMILES string of the molecule is CC(C)CN1CCCC(N)C1c1cc(F)c(F)cc1F. The lowest BCUT2D eigenvalue weighted by molar-refractivity contribution is 0.111. The standard InChI is InChI=1S/C15H21F3N2/c1-9(2)8-20-5-3-4-14(19)15(20)10-6-12(17)13(18)7-11(10)16/h6-7,9,14-15H,3-5,8,19H2,1-2H3. The largest absolute Gasteiger partial charge is 0.326 e. The van der Waals surface area contributed by atoms with Gasteiger partial charge in [-0.3, -0.25) is 4.90 Å². The fourth-order valence-electron chi connectivity index (χ4n) is 2.96. The van der Waals surface area contributed by atoms with Gasteiger partial charge in [-0.25, -0.2) is 13.2 Å². The molecule has 2 N–H and O–H groups in total. The van der Waals surface area contributed by atoms with Crippen LogP contribution in [-0.2, 0) is 0 Å². The number of hydrogen-bond acceptors (Lipinski definition) is 2. The van der Waals surface area contributed by atoms with Crippen molar-refractivity contribution in [2.45, 2.75) is 38.8 Å². The monoisotopic (exact) mass is 286 g/mol. The third-order valence-corrected chi connectivity index (χ3v) is 3.74. The molecule has 0 radical (unpaired) electrons. The molecule has 0 spiro atoms. The number of benzene rings is 1. The van der Waals surface area contributed by atoms with Gasteiger partial charge in [0.1, 0.15) is 5.82 Å². The van der Waals surface area contributed by atoms with Crippen molar-refractivity contribution in [1.29, 1.82) is 0 Å². The quantitative estimate of drug-likeness (QED) is 0.864. The van der Waals surface area contributed by atoms with Gasteiger partial charge in [0.25, 0.3) is 0 Å². The van der Waals surface area contributed by atoms with Crippen LogP contribution in [0.2, 0.25) is 0 Å². The Kier molecular flexibility index (Phi) is 4.70. The molecule has 2 nitrogen and oxygen atoms in total.